The summed E-state index contributed by atoms with van der Waals surface area (Å²) in [5.41, 5.74) is 1.40. The van der Waals surface area contributed by atoms with Gasteiger partial charge in [0, 0.05) is 25.3 Å². The van der Waals surface area contributed by atoms with E-state index in [0.29, 0.717) is 17.9 Å². The van der Waals surface area contributed by atoms with Crippen molar-refractivity contribution in [2.24, 2.45) is 17.3 Å². The molecule has 0 spiro atoms. The van der Waals surface area contributed by atoms with E-state index in [0.717, 1.165) is 31.7 Å². The summed E-state index contributed by atoms with van der Waals surface area (Å²) in [5.74, 6) is 1.69. The van der Waals surface area contributed by atoms with Gasteiger partial charge in [-0.25, -0.2) is 0 Å². The van der Waals surface area contributed by atoms with E-state index >= 15 is 0 Å². The molecule has 3 rings (SSSR count). The van der Waals surface area contributed by atoms with E-state index in [-0.39, 0.29) is 11.3 Å². The Morgan fingerprint density at radius 3 is 2.62 bits per heavy atom. The Morgan fingerprint density at radius 1 is 1.33 bits per heavy atom. The number of rotatable bonds is 4. The Bertz CT molecular complexity index is 614. The molecule has 0 radical (unpaired) electrons. The number of nitrogens with zero attached hydrogens (tertiary/aromatic N) is 3. The van der Waals surface area contributed by atoms with Crippen LogP contribution in [-0.2, 0) is 4.79 Å². The molecule has 130 valence electrons. The summed E-state index contributed by atoms with van der Waals surface area (Å²) in [4.78, 5) is 14.9. The minimum absolute atomic E-state index is 0.100. The van der Waals surface area contributed by atoms with Gasteiger partial charge in [0.1, 0.15) is 5.82 Å². The molecule has 5 heteroatoms. The number of anilines is 1. The third-order valence-corrected chi connectivity index (χ3v) is 5.42. The maximum Gasteiger partial charge on any atom is 0.226 e. The van der Waals surface area contributed by atoms with E-state index in [1.165, 1.54) is 5.57 Å². The molecular formula is C19H28N4O. The fourth-order valence-electron chi connectivity index (χ4n) is 3.85. The van der Waals surface area contributed by atoms with Gasteiger partial charge in [0.2, 0.25) is 5.91 Å². The molecule has 5 nitrogen and oxygen atoms in total. The lowest BCUT2D eigenvalue weighted by atomic mass is 10.0. The molecule has 1 N–H and O–H groups in total. The maximum absolute atomic E-state index is 12.9. The van der Waals surface area contributed by atoms with E-state index in [1.807, 2.05) is 12.1 Å². The van der Waals surface area contributed by atoms with Crippen LogP contribution in [0.25, 0.3) is 0 Å². The normalized spacial score (nSPS) is 25.9. The summed E-state index contributed by atoms with van der Waals surface area (Å²) in [6, 6.07) is 4.18. The van der Waals surface area contributed by atoms with Gasteiger partial charge in [-0.1, -0.05) is 25.5 Å². The predicted molar refractivity (Wildman–Crippen MR) is 95.4 cm³/mol. The number of amides is 1. The highest BCUT2D eigenvalue weighted by molar-refractivity contribution is 5.84. The number of piperidine rings is 1. The molecule has 0 aromatic carbocycles. The first-order valence-electron chi connectivity index (χ1n) is 8.87. The topological polar surface area (TPSA) is 58.1 Å². The molecule has 1 saturated heterocycles. The molecule has 1 aromatic rings. The SMILES string of the molecule is CC(C)=C[C@@H]1[C@H](C(=O)N2CCC(Nc3cccnn3)CC2)C1(C)C. The second-order valence-corrected chi connectivity index (χ2v) is 7.92. The average molecular weight is 328 g/mol. The summed E-state index contributed by atoms with van der Waals surface area (Å²) in [5, 5.41) is 11.4. The minimum Gasteiger partial charge on any atom is -0.366 e. The maximum atomic E-state index is 12.9. The zero-order valence-electron chi connectivity index (χ0n) is 15.1. The zero-order valence-corrected chi connectivity index (χ0v) is 15.1. The van der Waals surface area contributed by atoms with Crippen LogP contribution in [0.1, 0.15) is 40.5 Å². The lowest BCUT2D eigenvalue weighted by molar-refractivity contribution is -0.134. The highest BCUT2D eigenvalue weighted by Crippen LogP contribution is 2.60. The number of nitrogens with one attached hydrogen (secondary N) is 1. The molecule has 24 heavy (non-hydrogen) atoms. The minimum atomic E-state index is 0.100. The van der Waals surface area contributed by atoms with Crippen LogP contribution < -0.4 is 5.32 Å². The molecule has 2 fully saturated rings. The van der Waals surface area contributed by atoms with Crippen molar-refractivity contribution in [3.8, 4) is 0 Å². The average Bonchev–Trinajstić information content (AvgIpc) is 3.08. The van der Waals surface area contributed by atoms with Gasteiger partial charge in [-0.3, -0.25) is 4.79 Å². The van der Waals surface area contributed by atoms with Crippen molar-refractivity contribution in [1.29, 1.82) is 0 Å². The van der Waals surface area contributed by atoms with Gasteiger partial charge in [0.05, 0.1) is 5.92 Å². The van der Waals surface area contributed by atoms with Gasteiger partial charge >= 0.3 is 0 Å². The summed E-state index contributed by atoms with van der Waals surface area (Å²) in [7, 11) is 0. The third-order valence-electron chi connectivity index (χ3n) is 5.42. The van der Waals surface area contributed by atoms with Crippen molar-refractivity contribution < 1.29 is 4.79 Å². The largest absolute Gasteiger partial charge is 0.366 e. The van der Waals surface area contributed by atoms with Gasteiger partial charge in [-0.05, 0) is 50.2 Å². The Kier molecular flexibility index (Phi) is 4.61. The molecule has 1 aromatic heterocycles. The molecule has 2 atom stereocenters. The smallest absolute Gasteiger partial charge is 0.226 e. The lowest BCUT2D eigenvalue weighted by Gasteiger charge is -2.33. The molecule has 2 aliphatic rings. The highest BCUT2D eigenvalue weighted by atomic mass is 16.2. The highest BCUT2D eigenvalue weighted by Gasteiger charge is 2.61. The lowest BCUT2D eigenvalue weighted by Crippen LogP contribution is -2.43. The van der Waals surface area contributed by atoms with Gasteiger partial charge in [-0.2, -0.15) is 5.10 Å². The number of hydrogen-bond donors (Lipinski definition) is 1. The fraction of sp³-hybridized carbons (Fsp3) is 0.632. The van der Waals surface area contributed by atoms with Gasteiger partial charge in [-0.15, -0.1) is 5.10 Å². The number of likely N-dealkylation sites (tertiary alicyclic amines) is 1. The number of aromatic nitrogens is 2. The second-order valence-electron chi connectivity index (χ2n) is 7.92. The van der Waals surface area contributed by atoms with Crippen LogP contribution in [0.4, 0.5) is 5.82 Å². The van der Waals surface area contributed by atoms with Gasteiger partial charge < -0.3 is 10.2 Å². The Balaban J connectivity index is 1.53. The molecule has 1 amide bonds. The number of carbonyl (C=O) groups is 1. The molecule has 2 heterocycles. The van der Waals surface area contributed by atoms with Gasteiger partial charge in [0.15, 0.2) is 0 Å². The van der Waals surface area contributed by atoms with E-state index in [9.17, 15) is 4.79 Å². The zero-order chi connectivity index (χ0) is 17.3. The Labute approximate surface area is 144 Å². The van der Waals surface area contributed by atoms with Crippen LogP contribution in [0.3, 0.4) is 0 Å². The van der Waals surface area contributed by atoms with Crippen molar-refractivity contribution >= 4 is 11.7 Å². The molecule has 0 unspecified atom stereocenters. The van der Waals surface area contributed by atoms with Crippen LogP contribution in [0, 0.1) is 17.3 Å². The predicted octanol–water partition coefficient (Wildman–Crippen LogP) is 3.12. The van der Waals surface area contributed by atoms with Crippen LogP contribution in [-0.4, -0.2) is 40.1 Å². The summed E-state index contributed by atoms with van der Waals surface area (Å²) < 4.78 is 0. The standard InChI is InChI=1S/C19H28N4O/c1-13(2)12-15-17(19(15,3)4)18(24)23-10-7-14(8-11-23)21-16-6-5-9-20-22-16/h5-6,9,12,14-15,17H,7-8,10-11H2,1-4H3,(H,21,22)/t15-,17-/m1/s1. The number of hydrogen-bond acceptors (Lipinski definition) is 4. The van der Waals surface area contributed by atoms with Crippen LogP contribution in [0.2, 0.25) is 0 Å². The van der Waals surface area contributed by atoms with E-state index in [4.69, 9.17) is 0 Å². The van der Waals surface area contributed by atoms with Crippen molar-refractivity contribution in [2.75, 3.05) is 18.4 Å². The first-order chi connectivity index (χ1) is 11.4. The molecule has 1 aliphatic heterocycles. The van der Waals surface area contributed by atoms with Crippen molar-refractivity contribution in [3.05, 3.63) is 30.0 Å². The quantitative estimate of drug-likeness (QED) is 0.863. The summed E-state index contributed by atoms with van der Waals surface area (Å²) in [6.45, 7) is 10.3. The van der Waals surface area contributed by atoms with Crippen LogP contribution in [0.5, 0.6) is 0 Å². The van der Waals surface area contributed by atoms with E-state index in [1.54, 1.807) is 6.20 Å². The second kappa shape index (κ2) is 6.54. The number of carbonyl (C=O) groups excluding carboxylic acids is 1. The van der Waals surface area contributed by atoms with Crippen molar-refractivity contribution in [3.63, 3.8) is 0 Å². The third kappa shape index (κ3) is 3.45. The van der Waals surface area contributed by atoms with Crippen molar-refractivity contribution in [2.45, 2.75) is 46.6 Å². The van der Waals surface area contributed by atoms with Crippen molar-refractivity contribution in [1.82, 2.24) is 15.1 Å². The van der Waals surface area contributed by atoms with Crippen LogP contribution >= 0.6 is 0 Å². The Morgan fingerprint density at radius 2 is 2.04 bits per heavy atom. The monoisotopic (exact) mass is 328 g/mol. The summed E-state index contributed by atoms with van der Waals surface area (Å²) >= 11 is 0. The first-order valence-corrected chi connectivity index (χ1v) is 8.87. The molecule has 0 bridgehead atoms. The van der Waals surface area contributed by atoms with Gasteiger partial charge in [0.25, 0.3) is 0 Å². The number of allylic oxidation sites excluding steroid dienone is 2. The summed E-state index contributed by atoms with van der Waals surface area (Å²) in [6.07, 6.45) is 5.86. The molecule has 1 aliphatic carbocycles. The van der Waals surface area contributed by atoms with E-state index in [2.05, 4.69) is 54.2 Å². The van der Waals surface area contributed by atoms with Crippen LogP contribution in [0.15, 0.2) is 30.0 Å². The first kappa shape index (κ1) is 16.9. The fourth-order valence-corrected chi connectivity index (χ4v) is 3.85. The molecular weight excluding hydrogens is 300 g/mol. The Hall–Kier alpha value is -1.91. The molecule has 1 saturated carbocycles. The van der Waals surface area contributed by atoms with E-state index < -0.39 is 0 Å².